The van der Waals surface area contributed by atoms with Gasteiger partial charge < -0.3 is 19.3 Å². The van der Waals surface area contributed by atoms with Crippen molar-refractivity contribution in [2.75, 3.05) is 26.3 Å². The second kappa shape index (κ2) is 12.0. The van der Waals surface area contributed by atoms with Gasteiger partial charge >= 0.3 is 0 Å². The van der Waals surface area contributed by atoms with E-state index in [9.17, 15) is 5.11 Å². The number of aliphatic hydroxyl groups excluding tert-OH is 1. The van der Waals surface area contributed by atoms with E-state index in [0.717, 1.165) is 48.6 Å². The second-order valence-electron chi connectivity index (χ2n) is 10.4. The van der Waals surface area contributed by atoms with Crippen molar-refractivity contribution in [3.8, 4) is 22.9 Å². The van der Waals surface area contributed by atoms with Crippen LogP contribution in [-0.4, -0.2) is 63.9 Å². The lowest BCUT2D eigenvalue weighted by atomic mass is 10.1. The summed E-state index contributed by atoms with van der Waals surface area (Å²) in [7, 11) is 1.91. The number of hydrogen-bond donors (Lipinski definition) is 1. The van der Waals surface area contributed by atoms with Crippen molar-refractivity contribution < 1.29 is 19.3 Å². The van der Waals surface area contributed by atoms with Gasteiger partial charge in [-0.25, -0.2) is 4.68 Å². The number of ether oxygens (including phenoxy) is 3. The summed E-state index contributed by atoms with van der Waals surface area (Å²) in [6.07, 6.45) is 1.62. The standard InChI is InChI=1S/C29H39N3O4/c1-29(2,3)35-21-23(33)18-32(19-25-16-11-17-34-25)20-26-27(22-12-7-5-8-13-22)30-31(4)28(26)36-24-14-9-6-10-15-24/h5-10,12-15,23,25,33H,11,16-21H2,1-4H3/t23-,25+/m0/s1. The average Bonchev–Trinajstić information content (AvgIpc) is 3.47. The second-order valence-corrected chi connectivity index (χ2v) is 10.4. The summed E-state index contributed by atoms with van der Waals surface area (Å²) in [6, 6.07) is 19.9. The van der Waals surface area contributed by atoms with E-state index >= 15 is 0 Å². The van der Waals surface area contributed by atoms with E-state index < -0.39 is 6.10 Å². The maximum absolute atomic E-state index is 10.9. The van der Waals surface area contributed by atoms with Crippen LogP contribution in [0.15, 0.2) is 60.7 Å². The first kappa shape index (κ1) is 26.4. The number of hydrogen-bond acceptors (Lipinski definition) is 6. The lowest BCUT2D eigenvalue weighted by molar-refractivity contribution is -0.0594. The molecule has 7 nitrogen and oxygen atoms in total. The summed E-state index contributed by atoms with van der Waals surface area (Å²) < 4.78 is 20.0. The molecule has 7 heteroatoms. The van der Waals surface area contributed by atoms with Gasteiger partial charge in [-0.15, -0.1) is 0 Å². The highest BCUT2D eigenvalue weighted by Gasteiger charge is 2.27. The highest BCUT2D eigenvalue weighted by Crippen LogP contribution is 2.34. The average molecular weight is 494 g/mol. The van der Waals surface area contributed by atoms with E-state index in [0.29, 0.717) is 19.0 Å². The number of aryl methyl sites for hydroxylation is 1. The Hall–Kier alpha value is -2.71. The SMILES string of the molecule is Cn1nc(-c2ccccc2)c(CN(C[C@H](O)COC(C)(C)C)C[C@H]2CCCO2)c1Oc1ccccc1. The van der Waals surface area contributed by atoms with Crippen LogP contribution in [0.5, 0.6) is 11.6 Å². The molecule has 2 atom stereocenters. The zero-order chi connectivity index (χ0) is 25.5. The molecule has 1 aromatic heterocycles. The van der Waals surface area contributed by atoms with Crippen LogP contribution in [-0.2, 0) is 23.1 Å². The molecule has 194 valence electrons. The minimum absolute atomic E-state index is 0.149. The lowest BCUT2D eigenvalue weighted by Gasteiger charge is -2.29. The van der Waals surface area contributed by atoms with Crippen LogP contribution >= 0.6 is 0 Å². The van der Waals surface area contributed by atoms with Gasteiger partial charge in [0.1, 0.15) is 11.4 Å². The van der Waals surface area contributed by atoms with Gasteiger partial charge in [0.2, 0.25) is 5.88 Å². The maximum atomic E-state index is 10.9. The normalized spacial score (nSPS) is 17.0. The Bertz CT molecular complexity index is 1070. The fourth-order valence-electron chi connectivity index (χ4n) is 4.45. The molecule has 1 N–H and O–H groups in total. The topological polar surface area (TPSA) is 69.0 Å². The van der Waals surface area contributed by atoms with Gasteiger partial charge in [-0.05, 0) is 45.7 Å². The molecule has 0 amide bonds. The molecule has 0 bridgehead atoms. The quantitative estimate of drug-likeness (QED) is 0.404. The van der Waals surface area contributed by atoms with Crippen LogP contribution in [0.25, 0.3) is 11.3 Å². The first-order valence-corrected chi connectivity index (χ1v) is 12.8. The van der Waals surface area contributed by atoms with Gasteiger partial charge in [-0.3, -0.25) is 4.90 Å². The summed E-state index contributed by atoms with van der Waals surface area (Å²) in [5.74, 6) is 1.45. The maximum Gasteiger partial charge on any atom is 0.222 e. The molecule has 2 heterocycles. The van der Waals surface area contributed by atoms with Crippen LogP contribution < -0.4 is 4.74 Å². The van der Waals surface area contributed by atoms with Gasteiger partial charge in [-0.1, -0.05) is 48.5 Å². The summed E-state index contributed by atoms with van der Waals surface area (Å²) in [6.45, 7) is 8.81. The van der Waals surface area contributed by atoms with Crippen molar-refractivity contribution >= 4 is 0 Å². The zero-order valence-electron chi connectivity index (χ0n) is 21.9. The monoisotopic (exact) mass is 493 g/mol. The summed E-state index contributed by atoms with van der Waals surface area (Å²) in [5.41, 5.74) is 2.58. The summed E-state index contributed by atoms with van der Waals surface area (Å²) in [5, 5.41) is 15.7. The Labute approximate surface area is 214 Å². The third-order valence-electron chi connectivity index (χ3n) is 6.14. The summed E-state index contributed by atoms with van der Waals surface area (Å²) in [4.78, 5) is 2.24. The van der Waals surface area contributed by atoms with E-state index in [1.165, 1.54) is 0 Å². The number of aromatic nitrogens is 2. The molecule has 0 spiro atoms. The highest BCUT2D eigenvalue weighted by molar-refractivity contribution is 5.65. The van der Waals surface area contributed by atoms with Crippen LogP contribution in [0.2, 0.25) is 0 Å². The van der Waals surface area contributed by atoms with Crippen molar-refractivity contribution in [3.05, 3.63) is 66.2 Å². The number of rotatable bonds is 11. The predicted molar refractivity (Wildman–Crippen MR) is 141 cm³/mol. The molecule has 36 heavy (non-hydrogen) atoms. The summed E-state index contributed by atoms with van der Waals surface area (Å²) >= 11 is 0. The minimum atomic E-state index is -0.624. The van der Waals surface area contributed by atoms with Gasteiger partial charge in [0.05, 0.1) is 30.0 Å². The Balaban J connectivity index is 1.64. The molecule has 2 aromatic carbocycles. The van der Waals surface area contributed by atoms with Crippen molar-refractivity contribution in [2.24, 2.45) is 7.05 Å². The molecular formula is C29H39N3O4. The van der Waals surface area contributed by atoms with Crippen molar-refractivity contribution in [2.45, 2.75) is 58.0 Å². The minimum Gasteiger partial charge on any atom is -0.439 e. The van der Waals surface area contributed by atoms with E-state index in [4.69, 9.17) is 19.3 Å². The van der Waals surface area contributed by atoms with Crippen molar-refractivity contribution in [3.63, 3.8) is 0 Å². The number of para-hydroxylation sites is 1. The molecule has 0 unspecified atom stereocenters. The number of aliphatic hydroxyl groups is 1. The molecule has 4 rings (SSSR count). The molecule has 0 saturated carbocycles. The first-order valence-electron chi connectivity index (χ1n) is 12.8. The smallest absolute Gasteiger partial charge is 0.222 e. The molecule has 1 fully saturated rings. The van der Waals surface area contributed by atoms with E-state index in [1.54, 1.807) is 4.68 Å². The fraction of sp³-hybridized carbons (Fsp3) is 0.483. The van der Waals surface area contributed by atoms with Crippen LogP contribution in [0.4, 0.5) is 0 Å². The largest absolute Gasteiger partial charge is 0.439 e. The predicted octanol–water partition coefficient (Wildman–Crippen LogP) is 5.04. The molecular weight excluding hydrogens is 454 g/mol. The molecule has 0 radical (unpaired) electrons. The van der Waals surface area contributed by atoms with Gasteiger partial charge in [-0.2, -0.15) is 5.10 Å². The van der Waals surface area contributed by atoms with E-state index in [-0.39, 0.29) is 18.3 Å². The van der Waals surface area contributed by atoms with Crippen molar-refractivity contribution in [1.29, 1.82) is 0 Å². The Morgan fingerprint density at radius 2 is 1.81 bits per heavy atom. The molecule has 3 aromatic rings. The van der Waals surface area contributed by atoms with Crippen LogP contribution in [0, 0.1) is 0 Å². The van der Waals surface area contributed by atoms with E-state index in [1.807, 2.05) is 76.3 Å². The highest BCUT2D eigenvalue weighted by atomic mass is 16.5. The molecule has 1 saturated heterocycles. The zero-order valence-corrected chi connectivity index (χ0v) is 21.9. The van der Waals surface area contributed by atoms with Gasteiger partial charge in [0.15, 0.2) is 0 Å². The number of benzene rings is 2. The molecule has 1 aliphatic rings. The fourth-order valence-corrected chi connectivity index (χ4v) is 4.45. The Morgan fingerprint density at radius 3 is 2.44 bits per heavy atom. The third-order valence-corrected chi connectivity index (χ3v) is 6.14. The van der Waals surface area contributed by atoms with Gasteiger partial charge in [0, 0.05) is 38.9 Å². The third kappa shape index (κ3) is 7.40. The first-order chi connectivity index (χ1) is 17.3. The Morgan fingerprint density at radius 1 is 1.11 bits per heavy atom. The van der Waals surface area contributed by atoms with E-state index in [2.05, 4.69) is 17.0 Å². The number of nitrogens with zero attached hydrogens (tertiary/aromatic N) is 3. The van der Waals surface area contributed by atoms with Crippen LogP contribution in [0.1, 0.15) is 39.2 Å². The Kier molecular flexibility index (Phi) is 8.80. The lowest BCUT2D eigenvalue weighted by Crippen LogP contribution is -2.40. The van der Waals surface area contributed by atoms with Crippen molar-refractivity contribution in [1.82, 2.24) is 14.7 Å². The van der Waals surface area contributed by atoms with Gasteiger partial charge in [0.25, 0.3) is 0 Å². The molecule has 1 aliphatic heterocycles. The van der Waals surface area contributed by atoms with Crippen LogP contribution in [0.3, 0.4) is 0 Å². The molecule has 0 aliphatic carbocycles.